The zero-order valence-corrected chi connectivity index (χ0v) is 10.2. The van der Waals surface area contributed by atoms with Crippen LogP contribution >= 0.6 is 0 Å². The van der Waals surface area contributed by atoms with Gasteiger partial charge in [0, 0.05) is 25.0 Å². The molecule has 1 amide bonds. The van der Waals surface area contributed by atoms with Gasteiger partial charge in [0.1, 0.15) is 5.76 Å². The maximum absolute atomic E-state index is 12.0. The summed E-state index contributed by atoms with van der Waals surface area (Å²) in [6.45, 7) is 4.45. The number of nitrogens with one attached hydrogen (secondary N) is 2. The minimum atomic E-state index is -0.271. The Morgan fingerprint density at radius 2 is 2.33 bits per heavy atom. The molecule has 18 heavy (non-hydrogen) atoms. The first kappa shape index (κ1) is 12.1. The van der Waals surface area contributed by atoms with Crippen LogP contribution < -0.4 is 10.6 Å². The average molecular weight is 246 g/mol. The van der Waals surface area contributed by atoms with E-state index in [0.29, 0.717) is 17.1 Å². The van der Waals surface area contributed by atoms with E-state index >= 15 is 0 Å². The van der Waals surface area contributed by atoms with E-state index < -0.39 is 0 Å². The number of aryl methyl sites for hydroxylation is 1. The lowest BCUT2D eigenvalue weighted by Gasteiger charge is -2.08. The first-order chi connectivity index (χ1) is 8.70. The molecule has 2 heterocycles. The fourth-order valence-corrected chi connectivity index (χ4v) is 1.53. The number of aromatic nitrogens is 2. The summed E-state index contributed by atoms with van der Waals surface area (Å²) >= 11 is 0. The zero-order chi connectivity index (χ0) is 13.0. The number of anilines is 2. The van der Waals surface area contributed by atoms with Gasteiger partial charge in [0.25, 0.3) is 5.91 Å². The number of rotatable bonds is 4. The SMILES string of the molecule is CCNc1ccncc1C(=O)Nc1cc(C)on1. The minimum absolute atomic E-state index is 0.271. The van der Waals surface area contributed by atoms with Gasteiger partial charge in [0.2, 0.25) is 0 Å². The highest BCUT2D eigenvalue weighted by Crippen LogP contribution is 2.15. The first-order valence-corrected chi connectivity index (χ1v) is 5.63. The third kappa shape index (κ3) is 2.65. The second-order valence-corrected chi connectivity index (χ2v) is 3.73. The van der Waals surface area contributed by atoms with Gasteiger partial charge in [-0.1, -0.05) is 5.16 Å². The van der Waals surface area contributed by atoms with Crippen molar-refractivity contribution in [2.45, 2.75) is 13.8 Å². The van der Waals surface area contributed by atoms with Crippen molar-refractivity contribution < 1.29 is 9.32 Å². The number of carbonyl (C=O) groups excluding carboxylic acids is 1. The Hall–Kier alpha value is -2.37. The van der Waals surface area contributed by atoms with Crippen LogP contribution in [0.25, 0.3) is 0 Å². The van der Waals surface area contributed by atoms with Gasteiger partial charge in [0.05, 0.1) is 11.3 Å². The molecule has 0 radical (unpaired) electrons. The third-order valence-electron chi connectivity index (χ3n) is 2.30. The van der Waals surface area contributed by atoms with E-state index in [1.807, 2.05) is 6.92 Å². The van der Waals surface area contributed by atoms with Crippen LogP contribution in [0, 0.1) is 6.92 Å². The number of amides is 1. The lowest BCUT2D eigenvalue weighted by atomic mass is 10.2. The zero-order valence-electron chi connectivity index (χ0n) is 10.2. The number of hydrogen-bond donors (Lipinski definition) is 2. The molecule has 0 fully saturated rings. The lowest BCUT2D eigenvalue weighted by molar-refractivity contribution is 0.102. The summed E-state index contributed by atoms with van der Waals surface area (Å²) in [6.07, 6.45) is 3.15. The summed E-state index contributed by atoms with van der Waals surface area (Å²) < 4.78 is 4.88. The number of nitrogens with zero attached hydrogens (tertiary/aromatic N) is 2. The summed E-state index contributed by atoms with van der Waals surface area (Å²) in [6, 6.07) is 3.41. The van der Waals surface area contributed by atoms with Crippen LogP contribution in [-0.4, -0.2) is 22.6 Å². The topological polar surface area (TPSA) is 80.0 Å². The number of hydrogen-bond acceptors (Lipinski definition) is 5. The van der Waals surface area contributed by atoms with Crippen molar-refractivity contribution in [1.82, 2.24) is 10.1 Å². The molecule has 2 aromatic heterocycles. The second-order valence-electron chi connectivity index (χ2n) is 3.73. The molecular weight excluding hydrogens is 232 g/mol. The van der Waals surface area contributed by atoms with Gasteiger partial charge in [-0.15, -0.1) is 0 Å². The molecule has 0 aliphatic carbocycles. The molecule has 0 saturated heterocycles. The van der Waals surface area contributed by atoms with Gasteiger partial charge < -0.3 is 15.2 Å². The smallest absolute Gasteiger partial charge is 0.260 e. The highest BCUT2D eigenvalue weighted by atomic mass is 16.5. The van der Waals surface area contributed by atoms with E-state index in [0.717, 1.165) is 12.2 Å². The van der Waals surface area contributed by atoms with Gasteiger partial charge in [-0.3, -0.25) is 9.78 Å². The van der Waals surface area contributed by atoms with E-state index in [2.05, 4.69) is 20.8 Å². The fourth-order valence-electron chi connectivity index (χ4n) is 1.53. The summed E-state index contributed by atoms with van der Waals surface area (Å²) in [5, 5.41) is 9.47. The predicted molar refractivity (Wildman–Crippen MR) is 67.6 cm³/mol. The van der Waals surface area contributed by atoms with E-state index in [1.54, 1.807) is 25.3 Å². The Kier molecular flexibility index (Phi) is 3.57. The van der Waals surface area contributed by atoms with Crippen LogP contribution in [0.3, 0.4) is 0 Å². The van der Waals surface area contributed by atoms with Crippen molar-refractivity contribution in [3.8, 4) is 0 Å². The van der Waals surface area contributed by atoms with Crippen LogP contribution in [-0.2, 0) is 0 Å². The largest absolute Gasteiger partial charge is 0.385 e. The molecule has 0 unspecified atom stereocenters. The van der Waals surface area contributed by atoms with Crippen molar-refractivity contribution in [1.29, 1.82) is 0 Å². The molecule has 94 valence electrons. The molecule has 2 N–H and O–H groups in total. The molecule has 0 aromatic carbocycles. The van der Waals surface area contributed by atoms with Crippen molar-refractivity contribution in [3.05, 3.63) is 35.9 Å². The number of carbonyl (C=O) groups is 1. The standard InChI is InChI=1S/C12H14N4O2/c1-3-14-10-4-5-13-7-9(10)12(17)15-11-6-8(2)18-16-11/h4-7H,3H2,1-2H3,(H,13,14)(H,15,16,17). The molecule has 6 heteroatoms. The Morgan fingerprint density at radius 3 is 3.00 bits per heavy atom. The van der Waals surface area contributed by atoms with Crippen molar-refractivity contribution >= 4 is 17.4 Å². The predicted octanol–water partition coefficient (Wildman–Crippen LogP) is 2.06. The second kappa shape index (κ2) is 5.31. The third-order valence-corrected chi connectivity index (χ3v) is 2.30. The van der Waals surface area contributed by atoms with Crippen molar-refractivity contribution in [2.75, 3.05) is 17.2 Å². The average Bonchev–Trinajstić information content (AvgIpc) is 2.76. The lowest BCUT2D eigenvalue weighted by Crippen LogP contribution is -2.15. The van der Waals surface area contributed by atoms with Gasteiger partial charge in [0.15, 0.2) is 5.82 Å². The Morgan fingerprint density at radius 1 is 1.50 bits per heavy atom. The molecule has 0 aliphatic rings. The van der Waals surface area contributed by atoms with E-state index in [9.17, 15) is 4.79 Å². The van der Waals surface area contributed by atoms with Crippen LogP contribution in [0.4, 0.5) is 11.5 Å². The molecule has 6 nitrogen and oxygen atoms in total. The molecule has 0 aliphatic heterocycles. The molecule has 0 bridgehead atoms. The van der Waals surface area contributed by atoms with Gasteiger partial charge in [-0.25, -0.2) is 0 Å². The first-order valence-electron chi connectivity index (χ1n) is 5.63. The molecule has 2 rings (SSSR count). The highest BCUT2D eigenvalue weighted by molar-refractivity contribution is 6.07. The van der Waals surface area contributed by atoms with Crippen molar-refractivity contribution in [2.24, 2.45) is 0 Å². The van der Waals surface area contributed by atoms with Gasteiger partial charge in [-0.05, 0) is 19.9 Å². The summed E-state index contributed by atoms with van der Waals surface area (Å²) in [5.41, 5.74) is 1.21. The molecule has 0 spiro atoms. The summed E-state index contributed by atoms with van der Waals surface area (Å²) in [5.74, 6) is 0.763. The van der Waals surface area contributed by atoms with Crippen LogP contribution in [0.5, 0.6) is 0 Å². The molecule has 2 aromatic rings. The van der Waals surface area contributed by atoms with Crippen molar-refractivity contribution in [3.63, 3.8) is 0 Å². The summed E-state index contributed by atoms with van der Waals surface area (Å²) in [4.78, 5) is 16.0. The van der Waals surface area contributed by atoms with Crippen LogP contribution in [0.2, 0.25) is 0 Å². The fraction of sp³-hybridized carbons (Fsp3) is 0.250. The Labute approximate surface area is 104 Å². The van der Waals surface area contributed by atoms with E-state index in [-0.39, 0.29) is 5.91 Å². The Balaban J connectivity index is 2.18. The molecule has 0 atom stereocenters. The van der Waals surface area contributed by atoms with Gasteiger partial charge in [-0.2, -0.15) is 0 Å². The summed E-state index contributed by atoms with van der Waals surface area (Å²) in [7, 11) is 0. The monoisotopic (exact) mass is 246 g/mol. The van der Waals surface area contributed by atoms with E-state index in [1.165, 1.54) is 6.20 Å². The normalized spacial score (nSPS) is 10.1. The van der Waals surface area contributed by atoms with Crippen LogP contribution in [0.1, 0.15) is 23.0 Å². The minimum Gasteiger partial charge on any atom is -0.385 e. The van der Waals surface area contributed by atoms with Crippen LogP contribution in [0.15, 0.2) is 29.0 Å². The molecular formula is C12H14N4O2. The number of pyridine rings is 1. The van der Waals surface area contributed by atoms with Gasteiger partial charge >= 0.3 is 0 Å². The maximum atomic E-state index is 12.0. The molecule has 0 saturated carbocycles. The van der Waals surface area contributed by atoms with E-state index in [4.69, 9.17) is 4.52 Å². The highest BCUT2D eigenvalue weighted by Gasteiger charge is 2.13. The Bertz CT molecular complexity index is 551. The quantitative estimate of drug-likeness (QED) is 0.863. The maximum Gasteiger partial charge on any atom is 0.260 e.